The molecule has 1 heterocycles. The Kier molecular flexibility index (Phi) is 3.05. The first kappa shape index (κ1) is 11.9. The molecule has 0 saturated carbocycles. The quantitative estimate of drug-likeness (QED) is 0.782. The minimum Gasteiger partial charge on any atom is -0.436 e. The second-order valence-electron chi connectivity index (χ2n) is 3.94. The molecule has 0 atom stereocenters. The average molecular weight is 316 g/mol. The molecule has 0 aliphatic rings. The lowest BCUT2D eigenvalue weighted by Gasteiger charge is -2.08. The highest BCUT2D eigenvalue weighted by atomic mass is 79.9. The summed E-state index contributed by atoms with van der Waals surface area (Å²) < 4.78 is 6.51. The molecular formula is C14H10BrN3O. The number of nitrogen functional groups attached to an aromatic ring is 1. The third-order valence-electron chi connectivity index (χ3n) is 2.60. The van der Waals surface area contributed by atoms with Crippen molar-refractivity contribution >= 4 is 32.8 Å². The second kappa shape index (κ2) is 4.85. The molecule has 0 saturated heterocycles. The van der Waals surface area contributed by atoms with E-state index in [0.29, 0.717) is 11.6 Å². The van der Waals surface area contributed by atoms with Crippen molar-refractivity contribution < 1.29 is 4.74 Å². The molecule has 0 aliphatic heterocycles. The van der Waals surface area contributed by atoms with E-state index in [1.54, 1.807) is 0 Å². The highest BCUT2D eigenvalue weighted by Crippen LogP contribution is 2.29. The van der Waals surface area contributed by atoms with Crippen molar-refractivity contribution in [3.05, 3.63) is 53.0 Å². The number of nitrogens with zero attached hydrogens (tertiary/aromatic N) is 2. The molecule has 0 fully saturated rings. The van der Waals surface area contributed by atoms with Crippen LogP contribution in [0.4, 0.5) is 5.82 Å². The van der Waals surface area contributed by atoms with Crippen molar-refractivity contribution in [1.29, 1.82) is 0 Å². The minimum absolute atomic E-state index is 0.273. The highest BCUT2D eigenvalue weighted by Gasteiger charge is 2.10. The number of anilines is 1. The Balaban J connectivity index is 2.09. The first-order valence-electron chi connectivity index (χ1n) is 5.69. The van der Waals surface area contributed by atoms with Crippen LogP contribution in [-0.4, -0.2) is 9.97 Å². The fraction of sp³-hybridized carbons (Fsp3) is 0. The van der Waals surface area contributed by atoms with Crippen LogP contribution in [0.15, 0.2) is 53.0 Å². The number of hydrogen-bond donors (Lipinski definition) is 1. The van der Waals surface area contributed by atoms with E-state index >= 15 is 0 Å². The van der Waals surface area contributed by atoms with Gasteiger partial charge in [0.05, 0.1) is 5.52 Å². The Morgan fingerprint density at radius 1 is 0.947 bits per heavy atom. The summed E-state index contributed by atoms with van der Waals surface area (Å²) in [6.45, 7) is 0. The van der Waals surface area contributed by atoms with Gasteiger partial charge < -0.3 is 10.5 Å². The second-order valence-corrected chi connectivity index (χ2v) is 4.79. The van der Waals surface area contributed by atoms with E-state index in [4.69, 9.17) is 10.5 Å². The number of nitrogens with two attached hydrogens (primary N) is 1. The largest absolute Gasteiger partial charge is 0.436 e. The number of aromatic nitrogens is 2. The van der Waals surface area contributed by atoms with Gasteiger partial charge in [0.15, 0.2) is 5.82 Å². The van der Waals surface area contributed by atoms with Crippen LogP contribution in [0.3, 0.4) is 0 Å². The molecular weight excluding hydrogens is 306 g/mol. The van der Waals surface area contributed by atoms with Gasteiger partial charge in [-0.25, -0.2) is 9.97 Å². The fourth-order valence-electron chi connectivity index (χ4n) is 1.72. The summed E-state index contributed by atoms with van der Waals surface area (Å²) in [5, 5.41) is 0. The lowest BCUT2D eigenvalue weighted by Crippen LogP contribution is -1.99. The molecule has 1 aromatic heterocycles. The number of para-hydroxylation sites is 2. The zero-order valence-corrected chi connectivity index (χ0v) is 11.5. The average Bonchev–Trinajstić information content (AvgIpc) is 2.42. The Bertz CT molecular complexity index is 731. The summed E-state index contributed by atoms with van der Waals surface area (Å²) in [5.41, 5.74) is 7.32. The van der Waals surface area contributed by atoms with Crippen molar-refractivity contribution in [2.75, 3.05) is 5.73 Å². The molecule has 94 valence electrons. The van der Waals surface area contributed by atoms with E-state index in [9.17, 15) is 0 Å². The van der Waals surface area contributed by atoms with Crippen molar-refractivity contribution in [1.82, 2.24) is 9.97 Å². The van der Waals surface area contributed by atoms with Gasteiger partial charge in [0, 0.05) is 4.47 Å². The Hall–Kier alpha value is -2.14. The van der Waals surface area contributed by atoms with Gasteiger partial charge in [-0.1, -0.05) is 24.3 Å². The molecule has 0 unspecified atom stereocenters. The van der Waals surface area contributed by atoms with Crippen molar-refractivity contribution in [2.45, 2.75) is 0 Å². The van der Waals surface area contributed by atoms with Gasteiger partial charge in [-0.3, -0.25) is 0 Å². The molecule has 2 aromatic carbocycles. The SMILES string of the molecule is Nc1nc2cccc(Br)c2nc1Oc1ccccc1. The molecule has 0 spiro atoms. The standard InChI is InChI=1S/C14H10BrN3O/c15-10-7-4-8-11-12(10)18-14(13(16)17-11)19-9-5-2-1-3-6-9/h1-8H,(H2,16,17). The van der Waals surface area contributed by atoms with Crippen molar-refractivity contribution in [2.24, 2.45) is 0 Å². The highest BCUT2D eigenvalue weighted by molar-refractivity contribution is 9.10. The number of ether oxygens (including phenoxy) is 1. The lowest BCUT2D eigenvalue weighted by molar-refractivity contribution is 0.465. The van der Waals surface area contributed by atoms with Crippen LogP contribution in [0.2, 0.25) is 0 Å². The van der Waals surface area contributed by atoms with Crippen LogP contribution in [-0.2, 0) is 0 Å². The van der Waals surface area contributed by atoms with Gasteiger partial charge in [-0.15, -0.1) is 0 Å². The van der Waals surface area contributed by atoms with Crippen LogP contribution in [0.25, 0.3) is 11.0 Å². The van der Waals surface area contributed by atoms with Gasteiger partial charge in [0.25, 0.3) is 5.88 Å². The molecule has 0 bridgehead atoms. The van der Waals surface area contributed by atoms with Crippen molar-refractivity contribution in [3.8, 4) is 11.6 Å². The molecule has 5 heteroatoms. The zero-order valence-electron chi connectivity index (χ0n) is 9.88. The maximum Gasteiger partial charge on any atom is 0.263 e. The van der Waals surface area contributed by atoms with E-state index in [2.05, 4.69) is 25.9 Å². The maximum absolute atomic E-state index is 5.87. The Morgan fingerprint density at radius 3 is 2.53 bits per heavy atom. The molecule has 3 aromatic rings. The summed E-state index contributed by atoms with van der Waals surface area (Å²) in [6, 6.07) is 15.0. The number of halogens is 1. The molecule has 2 N–H and O–H groups in total. The normalized spacial score (nSPS) is 10.6. The van der Waals surface area contributed by atoms with Gasteiger partial charge >= 0.3 is 0 Å². The van der Waals surface area contributed by atoms with E-state index < -0.39 is 0 Å². The molecule has 19 heavy (non-hydrogen) atoms. The topological polar surface area (TPSA) is 61.0 Å². The first-order chi connectivity index (χ1) is 9.24. The Labute approximate surface area is 118 Å². The minimum atomic E-state index is 0.273. The van der Waals surface area contributed by atoms with Gasteiger partial charge in [-0.2, -0.15) is 0 Å². The molecule has 0 radical (unpaired) electrons. The third-order valence-corrected chi connectivity index (χ3v) is 3.24. The molecule has 0 amide bonds. The summed E-state index contributed by atoms with van der Waals surface area (Å²) in [4.78, 5) is 8.71. The van der Waals surface area contributed by atoms with Gasteiger partial charge in [0.1, 0.15) is 11.3 Å². The van der Waals surface area contributed by atoms with Crippen LogP contribution in [0, 0.1) is 0 Å². The number of benzene rings is 2. The smallest absolute Gasteiger partial charge is 0.263 e. The summed E-state index contributed by atoms with van der Waals surface area (Å²) in [6.07, 6.45) is 0. The molecule has 4 nitrogen and oxygen atoms in total. The molecule has 3 rings (SSSR count). The number of rotatable bonds is 2. The van der Waals surface area contributed by atoms with E-state index in [1.807, 2.05) is 48.5 Å². The van der Waals surface area contributed by atoms with Gasteiger partial charge in [-0.05, 0) is 40.2 Å². The van der Waals surface area contributed by atoms with E-state index in [0.717, 1.165) is 15.5 Å². The third kappa shape index (κ3) is 2.37. The number of hydrogen-bond acceptors (Lipinski definition) is 4. The summed E-state index contributed by atoms with van der Waals surface area (Å²) in [7, 11) is 0. The van der Waals surface area contributed by atoms with E-state index in [1.165, 1.54) is 0 Å². The van der Waals surface area contributed by atoms with E-state index in [-0.39, 0.29) is 5.82 Å². The first-order valence-corrected chi connectivity index (χ1v) is 6.48. The van der Waals surface area contributed by atoms with Crippen LogP contribution < -0.4 is 10.5 Å². The Morgan fingerprint density at radius 2 is 1.74 bits per heavy atom. The van der Waals surface area contributed by atoms with Crippen LogP contribution in [0.5, 0.6) is 11.6 Å². The number of fused-ring (bicyclic) bond motifs is 1. The van der Waals surface area contributed by atoms with Crippen LogP contribution >= 0.6 is 15.9 Å². The maximum atomic E-state index is 5.87. The van der Waals surface area contributed by atoms with Crippen LogP contribution in [0.1, 0.15) is 0 Å². The monoisotopic (exact) mass is 315 g/mol. The molecule has 0 aliphatic carbocycles. The predicted molar refractivity (Wildman–Crippen MR) is 78.2 cm³/mol. The zero-order chi connectivity index (χ0) is 13.2. The summed E-state index contributed by atoms with van der Waals surface area (Å²) >= 11 is 3.44. The van der Waals surface area contributed by atoms with Crippen molar-refractivity contribution in [3.63, 3.8) is 0 Å². The fourth-order valence-corrected chi connectivity index (χ4v) is 2.16. The predicted octanol–water partition coefficient (Wildman–Crippen LogP) is 3.77. The van der Waals surface area contributed by atoms with Gasteiger partial charge in [0.2, 0.25) is 0 Å². The summed E-state index contributed by atoms with van der Waals surface area (Å²) in [5.74, 6) is 1.26. The lowest BCUT2D eigenvalue weighted by atomic mass is 10.3.